The van der Waals surface area contributed by atoms with Crippen molar-refractivity contribution < 1.29 is 9.53 Å². The van der Waals surface area contributed by atoms with Gasteiger partial charge in [-0.25, -0.2) is 4.79 Å². The van der Waals surface area contributed by atoms with Crippen molar-refractivity contribution in [2.24, 2.45) is 0 Å². The molecular formula is C13H14N2O2. The molecule has 2 rings (SSSR count). The molecule has 1 unspecified atom stereocenters. The zero-order valence-electron chi connectivity index (χ0n) is 9.51. The fraction of sp³-hybridized carbons (Fsp3) is 0.154. The molecule has 3 N–H and O–H groups in total. The van der Waals surface area contributed by atoms with E-state index in [1.54, 1.807) is 12.3 Å². The Labute approximate surface area is 99.4 Å². The normalized spacial score (nSPS) is 12.1. The number of nitrogen functional groups attached to an aromatic ring is 1. The fourth-order valence-corrected chi connectivity index (χ4v) is 1.55. The van der Waals surface area contributed by atoms with E-state index in [-0.39, 0.29) is 6.10 Å². The Bertz CT molecular complexity index is 505. The minimum absolute atomic E-state index is 0.284. The third kappa shape index (κ3) is 2.66. The highest BCUT2D eigenvalue weighted by atomic mass is 16.5. The van der Waals surface area contributed by atoms with Gasteiger partial charge in [-0.3, -0.25) is 0 Å². The number of carbonyl (C=O) groups excluding carboxylic acids is 1. The van der Waals surface area contributed by atoms with Gasteiger partial charge in [-0.15, -0.1) is 0 Å². The maximum absolute atomic E-state index is 11.7. The Balaban J connectivity index is 2.04. The number of ether oxygens (including phenoxy) is 1. The molecule has 0 bridgehead atoms. The average Bonchev–Trinajstić information content (AvgIpc) is 2.77. The van der Waals surface area contributed by atoms with Gasteiger partial charge in [0, 0.05) is 6.20 Å². The van der Waals surface area contributed by atoms with Gasteiger partial charge in [-0.05, 0) is 18.6 Å². The largest absolute Gasteiger partial charge is 0.453 e. The molecule has 17 heavy (non-hydrogen) atoms. The zero-order valence-corrected chi connectivity index (χ0v) is 9.51. The predicted molar refractivity (Wildman–Crippen MR) is 65.5 cm³/mol. The number of rotatable bonds is 3. The van der Waals surface area contributed by atoms with Crippen molar-refractivity contribution in [2.75, 3.05) is 5.73 Å². The van der Waals surface area contributed by atoms with Crippen molar-refractivity contribution in [3.63, 3.8) is 0 Å². The highest BCUT2D eigenvalue weighted by Gasteiger charge is 2.14. The number of H-pyrrole nitrogens is 1. The number of anilines is 1. The number of carbonyl (C=O) groups is 1. The lowest BCUT2D eigenvalue weighted by molar-refractivity contribution is 0.0331. The quantitative estimate of drug-likeness (QED) is 0.796. The molecule has 1 aromatic heterocycles. The van der Waals surface area contributed by atoms with Gasteiger partial charge in [-0.2, -0.15) is 0 Å². The highest BCUT2D eigenvalue weighted by molar-refractivity contribution is 5.88. The first-order chi connectivity index (χ1) is 8.16. The molecule has 88 valence electrons. The molecule has 1 atom stereocenters. The second-order valence-electron chi connectivity index (χ2n) is 3.80. The Morgan fingerprint density at radius 3 is 2.65 bits per heavy atom. The summed E-state index contributed by atoms with van der Waals surface area (Å²) in [6.07, 6.45) is 1.28. The lowest BCUT2D eigenvalue weighted by atomic mass is 10.1. The molecule has 0 aliphatic heterocycles. The van der Waals surface area contributed by atoms with Gasteiger partial charge in [-0.1, -0.05) is 30.3 Å². The number of nitrogens with one attached hydrogen (secondary N) is 1. The summed E-state index contributed by atoms with van der Waals surface area (Å²) >= 11 is 0. The second kappa shape index (κ2) is 4.74. The summed E-state index contributed by atoms with van der Waals surface area (Å²) in [7, 11) is 0. The summed E-state index contributed by atoms with van der Waals surface area (Å²) in [5.41, 5.74) is 7.36. The smallest absolute Gasteiger partial charge is 0.355 e. The molecule has 1 heterocycles. The second-order valence-corrected chi connectivity index (χ2v) is 3.80. The van der Waals surface area contributed by atoms with Crippen molar-refractivity contribution in [1.82, 2.24) is 4.98 Å². The molecule has 2 aromatic rings. The van der Waals surface area contributed by atoms with Gasteiger partial charge in [0.25, 0.3) is 0 Å². The number of aromatic nitrogens is 1. The third-order valence-corrected chi connectivity index (χ3v) is 2.48. The number of esters is 1. The van der Waals surface area contributed by atoms with E-state index in [1.165, 1.54) is 0 Å². The van der Waals surface area contributed by atoms with Crippen LogP contribution in [0.4, 0.5) is 5.69 Å². The molecule has 4 heteroatoms. The van der Waals surface area contributed by atoms with Crippen LogP contribution < -0.4 is 5.73 Å². The van der Waals surface area contributed by atoms with Crippen molar-refractivity contribution in [3.05, 3.63) is 53.9 Å². The zero-order chi connectivity index (χ0) is 12.3. The topological polar surface area (TPSA) is 68.1 Å². The minimum atomic E-state index is -0.405. The Hall–Kier alpha value is -2.23. The number of hydrogen-bond donors (Lipinski definition) is 2. The van der Waals surface area contributed by atoms with Gasteiger partial charge < -0.3 is 15.5 Å². The van der Waals surface area contributed by atoms with E-state index < -0.39 is 5.97 Å². The Kier molecular flexibility index (Phi) is 3.14. The number of hydrogen-bond acceptors (Lipinski definition) is 3. The van der Waals surface area contributed by atoms with E-state index >= 15 is 0 Å². The molecule has 0 radical (unpaired) electrons. The number of nitrogens with two attached hydrogens (primary N) is 1. The van der Waals surface area contributed by atoms with E-state index in [4.69, 9.17) is 10.5 Å². The van der Waals surface area contributed by atoms with Crippen molar-refractivity contribution >= 4 is 11.7 Å². The van der Waals surface area contributed by atoms with Crippen LogP contribution in [0.15, 0.2) is 42.6 Å². The molecule has 0 spiro atoms. The summed E-state index contributed by atoms with van der Waals surface area (Å²) in [5, 5.41) is 0. The van der Waals surface area contributed by atoms with E-state index in [9.17, 15) is 4.79 Å². The molecule has 0 fully saturated rings. The maximum atomic E-state index is 11.7. The van der Waals surface area contributed by atoms with E-state index in [0.717, 1.165) is 5.56 Å². The van der Waals surface area contributed by atoms with E-state index in [2.05, 4.69) is 4.98 Å². The van der Waals surface area contributed by atoms with Crippen LogP contribution in [0, 0.1) is 0 Å². The van der Waals surface area contributed by atoms with Gasteiger partial charge >= 0.3 is 5.97 Å². The average molecular weight is 230 g/mol. The van der Waals surface area contributed by atoms with E-state index in [0.29, 0.717) is 11.4 Å². The summed E-state index contributed by atoms with van der Waals surface area (Å²) in [6, 6.07) is 11.1. The van der Waals surface area contributed by atoms with E-state index in [1.807, 2.05) is 37.3 Å². The molecule has 0 saturated carbocycles. The molecular weight excluding hydrogens is 216 g/mol. The van der Waals surface area contributed by atoms with Gasteiger partial charge in [0.1, 0.15) is 11.8 Å². The van der Waals surface area contributed by atoms with Crippen LogP contribution in [-0.4, -0.2) is 11.0 Å². The first-order valence-corrected chi connectivity index (χ1v) is 5.36. The lowest BCUT2D eigenvalue weighted by Crippen LogP contribution is -2.09. The minimum Gasteiger partial charge on any atom is -0.453 e. The van der Waals surface area contributed by atoms with Crippen LogP contribution in [0.1, 0.15) is 29.1 Å². The van der Waals surface area contributed by atoms with Gasteiger partial charge in [0.15, 0.2) is 0 Å². The van der Waals surface area contributed by atoms with Gasteiger partial charge in [0.05, 0.1) is 5.69 Å². The van der Waals surface area contributed by atoms with Crippen molar-refractivity contribution in [1.29, 1.82) is 0 Å². The summed E-state index contributed by atoms with van der Waals surface area (Å²) in [6.45, 7) is 1.83. The van der Waals surface area contributed by atoms with Gasteiger partial charge in [0.2, 0.25) is 0 Å². The molecule has 0 saturated heterocycles. The highest BCUT2D eigenvalue weighted by Crippen LogP contribution is 2.18. The summed E-state index contributed by atoms with van der Waals surface area (Å²) < 4.78 is 5.31. The van der Waals surface area contributed by atoms with Crippen molar-refractivity contribution in [2.45, 2.75) is 13.0 Å². The SMILES string of the molecule is CC(OC(=O)c1cc(N)c[nH]1)c1ccccc1. The molecule has 0 amide bonds. The summed E-state index contributed by atoms with van der Waals surface area (Å²) in [4.78, 5) is 14.5. The van der Waals surface area contributed by atoms with Crippen LogP contribution in [0.2, 0.25) is 0 Å². The van der Waals surface area contributed by atoms with Crippen molar-refractivity contribution in [3.8, 4) is 0 Å². The molecule has 4 nitrogen and oxygen atoms in total. The van der Waals surface area contributed by atoms with Crippen LogP contribution in [0.25, 0.3) is 0 Å². The Morgan fingerprint density at radius 2 is 2.06 bits per heavy atom. The maximum Gasteiger partial charge on any atom is 0.355 e. The fourth-order valence-electron chi connectivity index (χ4n) is 1.55. The van der Waals surface area contributed by atoms with Crippen LogP contribution in [0.3, 0.4) is 0 Å². The molecule has 0 aliphatic rings. The van der Waals surface area contributed by atoms with Crippen LogP contribution >= 0.6 is 0 Å². The number of benzene rings is 1. The number of aromatic amines is 1. The standard InChI is InChI=1S/C13H14N2O2/c1-9(10-5-3-2-4-6-10)17-13(16)12-7-11(14)8-15-12/h2-9,15H,14H2,1H3. The third-order valence-electron chi connectivity index (χ3n) is 2.48. The van der Waals surface area contributed by atoms with Crippen LogP contribution in [0.5, 0.6) is 0 Å². The predicted octanol–water partition coefficient (Wildman–Crippen LogP) is 2.51. The Morgan fingerprint density at radius 1 is 1.35 bits per heavy atom. The monoisotopic (exact) mass is 230 g/mol. The summed E-state index contributed by atoms with van der Waals surface area (Å²) in [5.74, 6) is -0.405. The van der Waals surface area contributed by atoms with Crippen LogP contribution in [-0.2, 0) is 4.74 Å². The first-order valence-electron chi connectivity index (χ1n) is 5.36. The molecule has 0 aliphatic carbocycles. The lowest BCUT2D eigenvalue weighted by Gasteiger charge is -2.12. The molecule has 1 aromatic carbocycles. The first kappa shape index (κ1) is 11.3.